The molecule has 0 amide bonds. The fourth-order valence-corrected chi connectivity index (χ4v) is 1.80. The van der Waals surface area contributed by atoms with Crippen LogP contribution in [0, 0.1) is 6.92 Å². The van der Waals surface area contributed by atoms with Crippen molar-refractivity contribution in [3.05, 3.63) is 40.5 Å². The highest BCUT2D eigenvalue weighted by Gasteiger charge is 2.09. The summed E-state index contributed by atoms with van der Waals surface area (Å²) in [4.78, 5) is 0. The fraction of sp³-hybridized carbons (Fsp3) is 0.250. The highest BCUT2D eigenvalue weighted by atomic mass is 35.5. The van der Waals surface area contributed by atoms with Gasteiger partial charge in [-0.25, -0.2) is 0 Å². The molecule has 84 valence electrons. The summed E-state index contributed by atoms with van der Waals surface area (Å²) in [5, 5.41) is 11.2. The molecule has 0 aliphatic heterocycles. The van der Waals surface area contributed by atoms with Gasteiger partial charge in [-0.05, 0) is 31.7 Å². The van der Waals surface area contributed by atoms with Gasteiger partial charge >= 0.3 is 0 Å². The van der Waals surface area contributed by atoms with Gasteiger partial charge in [0.15, 0.2) is 0 Å². The number of hydrogen-bond donors (Lipinski definition) is 2. The highest BCUT2D eigenvalue weighted by molar-refractivity contribution is 6.30. The van der Waals surface area contributed by atoms with Crippen LogP contribution in [0.5, 0.6) is 0 Å². The van der Waals surface area contributed by atoms with Crippen molar-refractivity contribution < 1.29 is 0 Å². The molecule has 0 saturated carbocycles. The van der Waals surface area contributed by atoms with Crippen molar-refractivity contribution in [3.8, 4) is 11.3 Å². The first-order valence-corrected chi connectivity index (χ1v) is 5.54. The van der Waals surface area contributed by atoms with Gasteiger partial charge in [-0.2, -0.15) is 5.10 Å². The molecule has 1 aromatic carbocycles. The smallest absolute Gasteiger partial charge is 0.0953 e. The molecule has 0 unspecified atom stereocenters. The molecule has 0 fully saturated rings. The van der Waals surface area contributed by atoms with E-state index in [1.807, 2.05) is 31.3 Å². The summed E-state index contributed by atoms with van der Waals surface area (Å²) in [6, 6.07) is 7.72. The van der Waals surface area contributed by atoms with Crippen LogP contribution >= 0.6 is 11.6 Å². The zero-order chi connectivity index (χ0) is 11.5. The highest BCUT2D eigenvalue weighted by Crippen LogP contribution is 2.24. The van der Waals surface area contributed by atoms with E-state index in [9.17, 15) is 0 Å². The summed E-state index contributed by atoms with van der Waals surface area (Å²) in [5.74, 6) is 0. The van der Waals surface area contributed by atoms with Crippen LogP contribution in [0.4, 0.5) is 0 Å². The van der Waals surface area contributed by atoms with E-state index in [4.69, 9.17) is 11.6 Å². The van der Waals surface area contributed by atoms with Gasteiger partial charge in [-0.1, -0.05) is 23.7 Å². The van der Waals surface area contributed by atoms with Gasteiger partial charge in [0.2, 0.25) is 0 Å². The first-order valence-electron chi connectivity index (χ1n) is 5.16. The third-order valence-corrected chi connectivity index (χ3v) is 2.83. The maximum absolute atomic E-state index is 5.86. The Morgan fingerprint density at radius 2 is 2.00 bits per heavy atom. The van der Waals surface area contributed by atoms with Crippen molar-refractivity contribution in [2.24, 2.45) is 0 Å². The average Bonchev–Trinajstić information content (AvgIpc) is 2.63. The van der Waals surface area contributed by atoms with Crippen molar-refractivity contribution in [2.45, 2.75) is 13.5 Å². The quantitative estimate of drug-likeness (QED) is 0.859. The Labute approximate surface area is 99.8 Å². The number of halogens is 1. The topological polar surface area (TPSA) is 40.7 Å². The number of H-pyrrole nitrogens is 1. The van der Waals surface area contributed by atoms with Crippen LogP contribution in [-0.2, 0) is 6.54 Å². The van der Waals surface area contributed by atoms with Crippen LogP contribution in [0.3, 0.4) is 0 Å². The summed E-state index contributed by atoms with van der Waals surface area (Å²) in [5.41, 5.74) is 4.37. The summed E-state index contributed by atoms with van der Waals surface area (Å²) in [6.07, 6.45) is 0. The molecular formula is C12H14ClN3. The number of nitrogens with zero attached hydrogens (tertiary/aromatic N) is 1. The first kappa shape index (κ1) is 11.2. The molecule has 0 saturated heterocycles. The van der Waals surface area contributed by atoms with E-state index in [-0.39, 0.29) is 0 Å². The van der Waals surface area contributed by atoms with Gasteiger partial charge in [0.1, 0.15) is 0 Å². The summed E-state index contributed by atoms with van der Waals surface area (Å²) >= 11 is 5.86. The molecule has 0 radical (unpaired) electrons. The van der Waals surface area contributed by atoms with E-state index >= 15 is 0 Å². The number of hydrogen-bond acceptors (Lipinski definition) is 2. The lowest BCUT2D eigenvalue weighted by atomic mass is 10.1. The van der Waals surface area contributed by atoms with Gasteiger partial charge < -0.3 is 5.32 Å². The SMILES string of the molecule is CNCc1[nH]nc(-c2ccc(Cl)cc2)c1C. The maximum atomic E-state index is 5.86. The van der Waals surface area contributed by atoms with Crippen LogP contribution in [0.15, 0.2) is 24.3 Å². The maximum Gasteiger partial charge on any atom is 0.0953 e. The molecule has 0 aliphatic rings. The van der Waals surface area contributed by atoms with Gasteiger partial charge in [0.25, 0.3) is 0 Å². The number of aromatic amines is 1. The molecule has 2 aromatic rings. The van der Waals surface area contributed by atoms with E-state index in [0.29, 0.717) is 0 Å². The van der Waals surface area contributed by atoms with Crippen molar-refractivity contribution in [1.29, 1.82) is 0 Å². The Hall–Kier alpha value is -1.32. The van der Waals surface area contributed by atoms with E-state index in [1.54, 1.807) is 0 Å². The standard InChI is InChI=1S/C12H14ClN3/c1-8-11(7-14-2)15-16-12(8)9-3-5-10(13)6-4-9/h3-6,14H,7H2,1-2H3,(H,15,16). The summed E-state index contributed by atoms with van der Waals surface area (Å²) in [7, 11) is 1.92. The van der Waals surface area contributed by atoms with Crippen molar-refractivity contribution in [3.63, 3.8) is 0 Å². The van der Waals surface area contributed by atoms with E-state index in [2.05, 4.69) is 22.4 Å². The van der Waals surface area contributed by atoms with E-state index in [1.165, 1.54) is 5.56 Å². The van der Waals surface area contributed by atoms with Crippen LogP contribution in [0.1, 0.15) is 11.3 Å². The van der Waals surface area contributed by atoms with Gasteiger partial charge in [-0.3, -0.25) is 5.10 Å². The van der Waals surface area contributed by atoms with Gasteiger partial charge in [-0.15, -0.1) is 0 Å². The van der Waals surface area contributed by atoms with Crippen LogP contribution in [0.25, 0.3) is 11.3 Å². The second kappa shape index (κ2) is 4.68. The lowest BCUT2D eigenvalue weighted by molar-refractivity contribution is 0.779. The molecule has 0 bridgehead atoms. The molecule has 0 spiro atoms. The van der Waals surface area contributed by atoms with Crippen molar-refractivity contribution in [1.82, 2.24) is 15.5 Å². The third kappa shape index (κ3) is 2.10. The predicted molar refractivity (Wildman–Crippen MR) is 66.5 cm³/mol. The first-order chi connectivity index (χ1) is 7.72. The van der Waals surface area contributed by atoms with Crippen molar-refractivity contribution in [2.75, 3.05) is 7.05 Å². The molecule has 2 N–H and O–H groups in total. The third-order valence-electron chi connectivity index (χ3n) is 2.58. The molecule has 1 heterocycles. The Morgan fingerprint density at radius 3 is 2.62 bits per heavy atom. The largest absolute Gasteiger partial charge is 0.314 e. The van der Waals surface area contributed by atoms with E-state index in [0.717, 1.165) is 28.5 Å². The number of benzene rings is 1. The summed E-state index contributed by atoms with van der Waals surface area (Å²) in [6.45, 7) is 2.87. The minimum atomic E-state index is 0.743. The molecule has 1 aromatic heterocycles. The van der Waals surface area contributed by atoms with Crippen LogP contribution < -0.4 is 5.32 Å². The Kier molecular flexibility index (Phi) is 3.27. The molecule has 16 heavy (non-hydrogen) atoms. The average molecular weight is 236 g/mol. The van der Waals surface area contributed by atoms with E-state index < -0.39 is 0 Å². The lowest BCUT2D eigenvalue weighted by Gasteiger charge is -2.00. The molecular weight excluding hydrogens is 222 g/mol. The number of rotatable bonds is 3. The molecule has 0 atom stereocenters. The second-order valence-electron chi connectivity index (χ2n) is 3.71. The molecule has 4 heteroatoms. The van der Waals surface area contributed by atoms with Crippen LogP contribution in [-0.4, -0.2) is 17.2 Å². The molecule has 0 aliphatic carbocycles. The van der Waals surface area contributed by atoms with Gasteiger partial charge in [0, 0.05) is 17.1 Å². The van der Waals surface area contributed by atoms with Crippen molar-refractivity contribution >= 4 is 11.6 Å². The number of nitrogens with one attached hydrogen (secondary N) is 2. The minimum absolute atomic E-state index is 0.743. The minimum Gasteiger partial charge on any atom is -0.314 e. The zero-order valence-corrected chi connectivity index (χ0v) is 10.1. The second-order valence-corrected chi connectivity index (χ2v) is 4.15. The summed E-state index contributed by atoms with van der Waals surface area (Å²) < 4.78 is 0. The molecule has 2 rings (SSSR count). The Bertz CT molecular complexity index is 474. The monoisotopic (exact) mass is 235 g/mol. The predicted octanol–water partition coefficient (Wildman–Crippen LogP) is 2.76. The normalized spacial score (nSPS) is 10.7. The van der Waals surface area contributed by atoms with Crippen LogP contribution in [0.2, 0.25) is 5.02 Å². The Balaban J connectivity index is 2.37. The zero-order valence-electron chi connectivity index (χ0n) is 9.34. The lowest BCUT2D eigenvalue weighted by Crippen LogP contribution is -2.06. The molecule has 3 nitrogen and oxygen atoms in total. The van der Waals surface area contributed by atoms with Gasteiger partial charge in [0.05, 0.1) is 11.4 Å². The Morgan fingerprint density at radius 1 is 1.31 bits per heavy atom. The number of aromatic nitrogens is 2. The fourth-order valence-electron chi connectivity index (χ4n) is 1.67.